The van der Waals surface area contributed by atoms with E-state index in [1.807, 2.05) is 0 Å². The van der Waals surface area contributed by atoms with Crippen LogP contribution in [-0.4, -0.2) is 53.2 Å². The molecule has 0 unspecified atom stereocenters. The van der Waals surface area contributed by atoms with Crippen LogP contribution in [0.25, 0.3) is 0 Å². The van der Waals surface area contributed by atoms with Crippen LogP contribution in [-0.2, 0) is 16.6 Å². The van der Waals surface area contributed by atoms with Crippen molar-refractivity contribution in [3.63, 3.8) is 0 Å². The second-order valence-electron chi connectivity index (χ2n) is 7.63. The minimum absolute atomic E-state index is 0.104. The van der Waals surface area contributed by atoms with Gasteiger partial charge >= 0.3 is 0 Å². The van der Waals surface area contributed by atoms with Crippen LogP contribution in [0.3, 0.4) is 0 Å². The van der Waals surface area contributed by atoms with E-state index in [4.69, 9.17) is 4.42 Å². The molecular weight excluding hydrogens is 396 g/mol. The highest BCUT2D eigenvalue weighted by molar-refractivity contribution is 7.89. The number of hydrogen-bond donors (Lipinski definition) is 0. The van der Waals surface area contributed by atoms with E-state index in [-0.39, 0.29) is 17.7 Å². The topological polar surface area (TPSA) is 79.5 Å². The van der Waals surface area contributed by atoms with E-state index in [0.29, 0.717) is 18.3 Å². The highest BCUT2D eigenvalue weighted by Crippen LogP contribution is 2.35. The lowest BCUT2D eigenvalue weighted by molar-refractivity contribution is 0.185. The number of nitrogens with zero attached hydrogens (tertiary/aromatic N) is 4. The van der Waals surface area contributed by atoms with E-state index < -0.39 is 10.0 Å². The Kier molecular flexibility index (Phi) is 6.15. The van der Waals surface area contributed by atoms with Crippen molar-refractivity contribution in [3.8, 4) is 0 Å². The van der Waals surface area contributed by atoms with Gasteiger partial charge in [0.15, 0.2) is 0 Å². The minimum Gasteiger partial charge on any atom is -0.423 e. The smallest absolute Gasteiger partial charge is 0.234 e. The summed E-state index contributed by atoms with van der Waals surface area (Å²) in [7, 11) is -3.27. The number of hydrogen-bond acceptors (Lipinski definition) is 7. The fourth-order valence-corrected chi connectivity index (χ4v) is 6.23. The normalized spacial score (nSPS) is 23.2. The van der Waals surface area contributed by atoms with Gasteiger partial charge in [0.05, 0.1) is 5.75 Å². The molecule has 0 aromatic carbocycles. The monoisotopic (exact) mass is 424 g/mol. The first-order valence-electron chi connectivity index (χ1n) is 10.1. The third-order valence-electron chi connectivity index (χ3n) is 5.81. The molecule has 2 saturated heterocycles. The van der Waals surface area contributed by atoms with Crippen LogP contribution >= 0.6 is 11.3 Å². The lowest BCUT2D eigenvalue weighted by Crippen LogP contribution is -2.39. The lowest BCUT2D eigenvalue weighted by Gasteiger charge is -2.32. The second-order valence-corrected chi connectivity index (χ2v) is 10.9. The number of sulfonamides is 1. The van der Waals surface area contributed by atoms with Crippen LogP contribution in [0.2, 0.25) is 0 Å². The molecule has 1 atom stereocenters. The molecular formula is C19H28N4O3S2. The van der Waals surface area contributed by atoms with Crippen molar-refractivity contribution in [1.29, 1.82) is 0 Å². The molecule has 0 N–H and O–H groups in total. The predicted octanol–water partition coefficient (Wildman–Crippen LogP) is 3.39. The third kappa shape index (κ3) is 4.32. The largest absolute Gasteiger partial charge is 0.423 e. The Balaban J connectivity index is 1.40. The predicted molar refractivity (Wildman–Crippen MR) is 109 cm³/mol. The Morgan fingerprint density at radius 1 is 1.14 bits per heavy atom. The average Bonchev–Trinajstić information content (AvgIpc) is 3.41. The number of aromatic nitrogens is 2. The first-order valence-corrected chi connectivity index (χ1v) is 12.6. The molecule has 2 aliphatic heterocycles. The van der Waals surface area contributed by atoms with Crippen LogP contribution in [0.15, 0.2) is 21.9 Å². The zero-order valence-electron chi connectivity index (χ0n) is 16.3. The van der Waals surface area contributed by atoms with E-state index in [1.54, 1.807) is 22.6 Å². The minimum atomic E-state index is -3.27. The average molecular weight is 425 g/mol. The van der Waals surface area contributed by atoms with Crippen molar-refractivity contribution in [2.75, 3.05) is 25.4 Å². The molecule has 7 nitrogen and oxygen atoms in total. The van der Waals surface area contributed by atoms with Crippen LogP contribution in [0.5, 0.6) is 0 Å². The summed E-state index contributed by atoms with van der Waals surface area (Å²) in [6.45, 7) is 5.26. The van der Waals surface area contributed by atoms with Gasteiger partial charge in [0.1, 0.15) is 6.04 Å². The Hall–Kier alpha value is -1.29. The molecule has 4 rings (SSSR count). The Bertz CT molecular complexity index is 858. The van der Waals surface area contributed by atoms with E-state index in [2.05, 4.69) is 32.6 Å². The molecule has 9 heteroatoms. The number of piperidine rings is 2. The zero-order chi connectivity index (χ0) is 19.6. The first-order chi connectivity index (χ1) is 13.6. The van der Waals surface area contributed by atoms with E-state index in [9.17, 15) is 8.42 Å². The SMILES string of the molecule is CCS(=O)(=O)N1CCCC[C@H]1c1nnc(C2CCN(Cc3cccs3)CC2)o1. The highest BCUT2D eigenvalue weighted by atomic mass is 32.2. The summed E-state index contributed by atoms with van der Waals surface area (Å²) < 4.78 is 32.5. The molecule has 4 heterocycles. The fraction of sp³-hybridized carbons (Fsp3) is 0.684. The van der Waals surface area contributed by atoms with Gasteiger partial charge in [-0.05, 0) is 57.1 Å². The van der Waals surface area contributed by atoms with Crippen LogP contribution in [0, 0.1) is 0 Å². The maximum Gasteiger partial charge on any atom is 0.234 e. The van der Waals surface area contributed by atoms with Gasteiger partial charge in [-0.3, -0.25) is 4.90 Å². The molecule has 2 fully saturated rings. The summed E-state index contributed by atoms with van der Waals surface area (Å²) in [6, 6.07) is 3.97. The summed E-state index contributed by atoms with van der Waals surface area (Å²) in [6.07, 6.45) is 4.61. The van der Waals surface area contributed by atoms with Crippen LogP contribution in [0.1, 0.15) is 67.6 Å². The molecule has 0 amide bonds. The van der Waals surface area contributed by atoms with Crippen LogP contribution < -0.4 is 0 Å². The molecule has 0 aliphatic carbocycles. The van der Waals surface area contributed by atoms with E-state index in [0.717, 1.165) is 51.7 Å². The van der Waals surface area contributed by atoms with Gasteiger partial charge in [-0.25, -0.2) is 8.42 Å². The van der Waals surface area contributed by atoms with Gasteiger partial charge in [0, 0.05) is 23.9 Å². The number of rotatable bonds is 6. The summed E-state index contributed by atoms with van der Waals surface area (Å²) in [5.41, 5.74) is 0. The number of likely N-dealkylation sites (tertiary alicyclic amines) is 1. The molecule has 154 valence electrons. The van der Waals surface area contributed by atoms with Crippen molar-refractivity contribution in [3.05, 3.63) is 34.2 Å². The summed E-state index contributed by atoms with van der Waals surface area (Å²) in [4.78, 5) is 3.86. The van der Waals surface area contributed by atoms with Gasteiger partial charge in [0.25, 0.3) is 0 Å². The molecule has 2 aliphatic rings. The van der Waals surface area contributed by atoms with Gasteiger partial charge < -0.3 is 4.42 Å². The maximum atomic E-state index is 12.4. The molecule has 0 spiro atoms. The fourth-order valence-electron chi connectivity index (χ4n) is 4.16. The van der Waals surface area contributed by atoms with Crippen molar-refractivity contribution in [2.24, 2.45) is 0 Å². The molecule has 2 aromatic rings. The second kappa shape index (κ2) is 8.61. The highest BCUT2D eigenvalue weighted by Gasteiger charge is 2.36. The molecule has 2 aromatic heterocycles. The molecule has 0 bridgehead atoms. The van der Waals surface area contributed by atoms with Crippen molar-refractivity contribution >= 4 is 21.4 Å². The lowest BCUT2D eigenvalue weighted by atomic mass is 9.97. The quantitative estimate of drug-likeness (QED) is 0.707. The van der Waals surface area contributed by atoms with E-state index in [1.165, 1.54) is 4.88 Å². The Morgan fingerprint density at radius 2 is 1.93 bits per heavy atom. The van der Waals surface area contributed by atoms with Crippen molar-refractivity contribution in [1.82, 2.24) is 19.4 Å². The van der Waals surface area contributed by atoms with Crippen molar-refractivity contribution < 1.29 is 12.8 Å². The summed E-state index contributed by atoms with van der Waals surface area (Å²) >= 11 is 1.80. The summed E-state index contributed by atoms with van der Waals surface area (Å²) in [5, 5.41) is 10.7. The zero-order valence-corrected chi connectivity index (χ0v) is 17.9. The summed E-state index contributed by atoms with van der Waals surface area (Å²) in [5.74, 6) is 1.51. The van der Waals surface area contributed by atoms with E-state index >= 15 is 0 Å². The third-order valence-corrected chi connectivity index (χ3v) is 8.56. The standard InChI is InChI=1S/C19H28N4O3S2/c1-2-28(24,25)23-10-4-3-7-17(23)19-21-20-18(26-19)15-8-11-22(12-9-15)14-16-6-5-13-27-16/h5-6,13,15,17H,2-4,7-12,14H2,1H3/t17-/m0/s1. The maximum absolute atomic E-state index is 12.4. The van der Waals surface area contributed by atoms with Gasteiger partial charge in [-0.2, -0.15) is 4.31 Å². The first kappa shape index (κ1) is 20.0. The Morgan fingerprint density at radius 3 is 2.64 bits per heavy atom. The molecule has 0 radical (unpaired) electrons. The molecule has 28 heavy (non-hydrogen) atoms. The van der Waals surface area contributed by atoms with Gasteiger partial charge in [0.2, 0.25) is 21.8 Å². The number of thiophene rings is 1. The van der Waals surface area contributed by atoms with Crippen LogP contribution in [0.4, 0.5) is 0 Å². The Labute approximate surface area is 170 Å². The molecule has 0 saturated carbocycles. The van der Waals surface area contributed by atoms with Gasteiger partial charge in [-0.1, -0.05) is 12.5 Å². The van der Waals surface area contributed by atoms with Gasteiger partial charge in [-0.15, -0.1) is 21.5 Å². The van der Waals surface area contributed by atoms with Crippen molar-refractivity contribution in [2.45, 2.75) is 57.5 Å².